The van der Waals surface area contributed by atoms with E-state index in [0.717, 1.165) is 25.9 Å². The van der Waals surface area contributed by atoms with E-state index in [2.05, 4.69) is 34.5 Å². The number of benzene rings is 1. The number of likely N-dealkylation sites (tertiary alicyclic amines) is 1. The van der Waals surface area contributed by atoms with E-state index < -0.39 is 5.60 Å². The third-order valence-electron chi connectivity index (χ3n) is 4.86. The predicted octanol–water partition coefficient (Wildman–Crippen LogP) is 4.10. The summed E-state index contributed by atoms with van der Waals surface area (Å²) in [7, 11) is 0. The Morgan fingerprint density at radius 3 is 2.20 bits per heavy atom. The highest BCUT2D eigenvalue weighted by Crippen LogP contribution is 2.24. The van der Waals surface area contributed by atoms with Crippen molar-refractivity contribution < 1.29 is 9.53 Å². The zero-order chi connectivity index (χ0) is 17.9. The summed E-state index contributed by atoms with van der Waals surface area (Å²) in [6.07, 6.45) is 4.31. The first-order valence-corrected chi connectivity index (χ1v) is 9.50. The molecule has 1 aromatic rings. The number of nitrogens with zero attached hydrogens (tertiary/aromatic N) is 2. The van der Waals surface area contributed by atoms with Gasteiger partial charge in [0.1, 0.15) is 5.60 Å². The molecule has 3 rings (SSSR count). The fraction of sp³-hybridized carbons (Fsp3) is 0.650. The molecular weight excluding hydrogens is 314 g/mol. The number of ether oxygens (including phenoxy) is 1. The van der Waals surface area contributed by atoms with Gasteiger partial charge in [-0.05, 0) is 70.7 Å². The second-order valence-corrected chi connectivity index (χ2v) is 8.13. The lowest BCUT2D eigenvalue weighted by Crippen LogP contribution is -2.44. The van der Waals surface area contributed by atoms with E-state index in [1.54, 1.807) is 0 Å². The largest absolute Gasteiger partial charge is 0.444 e. The number of anilines is 2. The van der Waals surface area contributed by atoms with E-state index in [1.165, 1.54) is 37.3 Å². The molecule has 5 heteroatoms. The van der Waals surface area contributed by atoms with Crippen molar-refractivity contribution in [2.75, 3.05) is 36.4 Å². The quantitative estimate of drug-likeness (QED) is 0.896. The van der Waals surface area contributed by atoms with Crippen molar-refractivity contribution in [3.8, 4) is 0 Å². The molecule has 0 radical (unpaired) electrons. The normalized spacial score (nSPS) is 19.2. The van der Waals surface area contributed by atoms with Crippen LogP contribution < -0.4 is 10.2 Å². The average Bonchev–Trinajstić information content (AvgIpc) is 3.09. The van der Waals surface area contributed by atoms with E-state index in [9.17, 15) is 4.79 Å². The molecule has 0 bridgehead atoms. The second kappa shape index (κ2) is 7.54. The minimum Gasteiger partial charge on any atom is -0.444 e. The summed E-state index contributed by atoms with van der Waals surface area (Å²) in [5.74, 6) is 0. The lowest BCUT2D eigenvalue weighted by molar-refractivity contribution is 0.0210. The SMILES string of the molecule is CC(C)(C)OC(=O)N1CCC(Nc2ccc(N3CCCC3)cc2)CC1. The Kier molecular flexibility index (Phi) is 5.40. The molecule has 0 aliphatic carbocycles. The third-order valence-corrected chi connectivity index (χ3v) is 4.86. The molecule has 1 amide bonds. The van der Waals surface area contributed by atoms with Crippen LogP contribution in [0.15, 0.2) is 24.3 Å². The van der Waals surface area contributed by atoms with E-state index in [-0.39, 0.29) is 6.09 Å². The van der Waals surface area contributed by atoms with Gasteiger partial charge in [-0.1, -0.05) is 0 Å². The molecule has 0 aromatic heterocycles. The lowest BCUT2D eigenvalue weighted by atomic mass is 10.0. The minimum atomic E-state index is -0.427. The first-order valence-electron chi connectivity index (χ1n) is 9.50. The highest BCUT2D eigenvalue weighted by molar-refractivity contribution is 5.68. The number of amides is 1. The molecule has 0 atom stereocenters. The smallest absolute Gasteiger partial charge is 0.410 e. The van der Waals surface area contributed by atoms with Gasteiger partial charge in [-0.3, -0.25) is 0 Å². The van der Waals surface area contributed by atoms with Crippen LogP contribution in [-0.4, -0.2) is 48.8 Å². The van der Waals surface area contributed by atoms with E-state index in [4.69, 9.17) is 4.74 Å². The summed E-state index contributed by atoms with van der Waals surface area (Å²) in [4.78, 5) is 16.4. The van der Waals surface area contributed by atoms with Crippen LogP contribution in [0.1, 0.15) is 46.5 Å². The van der Waals surface area contributed by atoms with Crippen LogP contribution in [0.3, 0.4) is 0 Å². The van der Waals surface area contributed by atoms with Crippen molar-refractivity contribution in [3.63, 3.8) is 0 Å². The van der Waals surface area contributed by atoms with Gasteiger partial charge in [0.05, 0.1) is 0 Å². The van der Waals surface area contributed by atoms with Crippen LogP contribution in [0.4, 0.5) is 16.2 Å². The summed E-state index contributed by atoms with van der Waals surface area (Å²) in [6, 6.07) is 9.19. The van der Waals surface area contributed by atoms with Gasteiger partial charge in [0.2, 0.25) is 0 Å². The maximum absolute atomic E-state index is 12.1. The molecule has 2 fully saturated rings. The van der Waals surface area contributed by atoms with Gasteiger partial charge in [0, 0.05) is 43.6 Å². The Morgan fingerprint density at radius 2 is 1.64 bits per heavy atom. The van der Waals surface area contributed by atoms with Crippen LogP contribution >= 0.6 is 0 Å². The second-order valence-electron chi connectivity index (χ2n) is 8.13. The molecule has 5 nitrogen and oxygen atoms in total. The van der Waals surface area contributed by atoms with Crippen molar-refractivity contribution in [1.29, 1.82) is 0 Å². The van der Waals surface area contributed by atoms with Gasteiger partial charge in [-0.15, -0.1) is 0 Å². The Labute approximate surface area is 151 Å². The van der Waals surface area contributed by atoms with E-state index in [1.807, 2.05) is 25.7 Å². The number of rotatable bonds is 3. The van der Waals surface area contributed by atoms with Gasteiger partial charge in [0.15, 0.2) is 0 Å². The average molecular weight is 345 g/mol. The molecule has 0 unspecified atom stereocenters. The Hall–Kier alpha value is -1.91. The summed E-state index contributed by atoms with van der Waals surface area (Å²) in [5, 5.41) is 3.61. The first-order chi connectivity index (χ1) is 11.9. The van der Waals surface area contributed by atoms with E-state index >= 15 is 0 Å². The Morgan fingerprint density at radius 1 is 1.04 bits per heavy atom. The Bertz CT molecular complexity index is 566. The standard InChI is InChI=1S/C20H31N3O2/c1-20(2,3)25-19(24)23-14-10-17(11-15-23)21-16-6-8-18(9-7-16)22-12-4-5-13-22/h6-9,17,21H,4-5,10-15H2,1-3H3. The van der Waals surface area contributed by atoms with Crippen molar-refractivity contribution >= 4 is 17.5 Å². The maximum atomic E-state index is 12.1. The van der Waals surface area contributed by atoms with Crippen molar-refractivity contribution in [3.05, 3.63) is 24.3 Å². The zero-order valence-electron chi connectivity index (χ0n) is 15.8. The Balaban J connectivity index is 1.46. The van der Waals surface area contributed by atoms with Crippen LogP contribution in [0.25, 0.3) is 0 Å². The van der Waals surface area contributed by atoms with Crippen LogP contribution in [0.2, 0.25) is 0 Å². The van der Waals surface area contributed by atoms with Crippen LogP contribution in [0, 0.1) is 0 Å². The minimum absolute atomic E-state index is 0.194. The number of hydrogen-bond donors (Lipinski definition) is 1. The van der Waals surface area contributed by atoms with Gasteiger partial charge in [0.25, 0.3) is 0 Å². The number of piperidine rings is 1. The molecule has 0 spiro atoms. The van der Waals surface area contributed by atoms with Gasteiger partial charge in [-0.25, -0.2) is 4.79 Å². The molecule has 1 aromatic carbocycles. The van der Waals surface area contributed by atoms with Crippen LogP contribution in [-0.2, 0) is 4.74 Å². The topological polar surface area (TPSA) is 44.8 Å². The molecule has 0 saturated carbocycles. The summed E-state index contributed by atoms with van der Waals surface area (Å²) in [5.41, 5.74) is 2.06. The summed E-state index contributed by atoms with van der Waals surface area (Å²) >= 11 is 0. The van der Waals surface area contributed by atoms with Crippen molar-refractivity contribution in [1.82, 2.24) is 4.90 Å². The van der Waals surface area contributed by atoms with Gasteiger partial charge >= 0.3 is 6.09 Å². The van der Waals surface area contributed by atoms with Gasteiger partial charge in [-0.2, -0.15) is 0 Å². The maximum Gasteiger partial charge on any atom is 0.410 e. The molecule has 2 heterocycles. The van der Waals surface area contributed by atoms with Crippen molar-refractivity contribution in [2.45, 2.75) is 58.1 Å². The molecule has 2 aliphatic heterocycles. The highest BCUT2D eigenvalue weighted by Gasteiger charge is 2.26. The molecule has 25 heavy (non-hydrogen) atoms. The highest BCUT2D eigenvalue weighted by atomic mass is 16.6. The fourth-order valence-electron chi connectivity index (χ4n) is 3.51. The molecule has 1 N–H and O–H groups in total. The van der Waals surface area contributed by atoms with Crippen LogP contribution in [0.5, 0.6) is 0 Å². The lowest BCUT2D eigenvalue weighted by Gasteiger charge is -2.34. The number of nitrogens with one attached hydrogen (secondary N) is 1. The monoisotopic (exact) mass is 345 g/mol. The zero-order valence-corrected chi connectivity index (χ0v) is 15.8. The first kappa shape index (κ1) is 17.9. The van der Waals surface area contributed by atoms with E-state index in [0.29, 0.717) is 6.04 Å². The van der Waals surface area contributed by atoms with Crippen molar-refractivity contribution in [2.24, 2.45) is 0 Å². The molecular formula is C20H31N3O2. The number of carbonyl (C=O) groups is 1. The predicted molar refractivity (Wildman–Crippen MR) is 102 cm³/mol. The summed E-state index contributed by atoms with van der Waals surface area (Å²) < 4.78 is 5.45. The molecule has 2 saturated heterocycles. The third kappa shape index (κ3) is 5.03. The number of carbonyl (C=O) groups excluding carboxylic acids is 1. The summed E-state index contributed by atoms with van der Waals surface area (Å²) in [6.45, 7) is 9.57. The molecule has 138 valence electrons. The molecule has 2 aliphatic rings. The fourth-order valence-corrected chi connectivity index (χ4v) is 3.51. The van der Waals surface area contributed by atoms with Gasteiger partial charge < -0.3 is 19.9 Å². The number of hydrogen-bond acceptors (Lipinski definition) is 4.